The van der Waals surface area contributed by atoms with Gasteiger partial charge < -0.3 is 26.0 Å². The van der Waals surface area contributed by atoms with E-state index in [1.165, 1.54) is 0 Å². The second-order valence-electron chi connectivity index (χ2n) is 5.79. The van der Waals surface area contributed by atoms with Gasteiger partial charge in [0, 0.05) is 12.6 Å². The van der Waals surface area contributed by atoms with Gasteiger partial charge >= 0.3 is 5.97 Å². The van der Waals surface area contributed by atoms with Gasteiger partial charge in [-0.2, -0.15) is 0 Å². The van der Waals surface area contributed by atoms with Crippen LogP contribution in [0.5, 0.6) is 0 Å². The summed E-state index contributed by atoms with van der Waals surface area (Å²) in [6.07, 6.45) is -0.895. The monoisotopic (exact) mass is 335 g/mol. The molecular formula is C12H25N5O6. The van der Waals surface area contributed by atoms with Crippen molar-refractivity contribution in [2.75, 3.05) is 13.3 Å². The Balaban J connectivity index is 4.32. The third-order valence-electron chi connectivity index (χ3n) is 2.67. The maximum Gasteiger partial charge on any atom is 0.334 e. The summed E-state index contributed by atoms with van der Waals surface area (Å²) in [6, 6.07) is -0.731. The number of hydrogen-bond donors (Lipinski definition) is 5. The van der Waals surface area contributed by atoms with Crippen LogP contribution in [0.4, 0.5) is 0 Å². The molecule has 11 nitrogen and oxygen atoms in total. The highest BCUT2D eigenvalue weighted by Gasteiger charge is 2.25. The van der Waals surface area contributed by atoms with Gasteiger partial charge in [-0.1, -0.05) is 0 Å². The summed E-state index contributed by atoms with van der Waals surface area (Å²) in [6.45, 7) is 5.86. The van der Waals surface area contributed by atoms with Crippen LogP contribution in [0.2, 0.25) is 0 Å². The number of aliphatic hydroxyl groups is 1. The van der Waals surface area contributed by atoms with Crippen molar-refractivity contribution in [3.63, 3.8) is 0 Å². The molecule has 0 rings (SSSR count). The van der Waals surface area contributed by atoms with Crippen LogP contribution in [0.15, 0.2) is 5.10 Å². The molecule has 23 heavy (non-hydrogen) atoms. The first-order chi connectivity index (χ1) is 10.5. The number of nitrogens with one attached hydrogen (secondary N) is 2. The molecule has 0 bridgehead atoms. The Morgan fingerprint density at radius 2 is 2.09 bits per heavy atom. The number of hydrazone groups is 1. The second kappa shape index (κ2) is 9.92. The van der Waals surface area contributed by atoms with Crippen molar-refractivity contribution in [1.29, 1.82) is 0 Å². The molecule has 0 spiro atoms. The lowest BCUT2D eigenvalue weighted by Gasteiger charge is -2.25. The number of nitro groups is 1. The molecule has 6 N–H and O–H groups in total. The Morgan fingerprint density at radius 3 is 2.57 bits per heavy atom. The molecule has 2 atom stereocenters. The zero-order valence-electron chi connectivity index (χ0n) is 13.5. The number of rotatable bonds is 10. The lowest BCUT2D eigenvalue weighted by atomic mass is 10.1. The van der Waals surface area contributed by atoms with Crippen molar-refractivity contribution in [3.8, 4) is 0 Å². The molecule has 0 aliphatic heterocycles. The van der Waals surface area contributed by atoms with Crippen LogP contribution in [-0.4, -0.2) is 58.2 Å². The lowest BCUT2D eigenvalue weighted by Crippen LogP contribution is -2.46. The van der Waals surface area contributed by atoms with E-state index in [-0.39, 0.29) is 19.2 Å². The zero-order chi connectivity index (χ0) is 18.0. The SMILES string of the molecule is CC(C)(C)OCNC(CCCNC(N)=N[N+](=O)[O-])C(O)C(=O)O. The molecule has 0 aromatic heterocycles. The average Bonchev–Trinajstić information content (AvgIpc) is 2.38. The fourth-order valence-electron chi connectivity index (χ4n) is 1.57. The van der Waals surface area contributed by atoms with E-state index in [1.54, 1.807) is 0 Å². The Kier molecular flexibility index (Phi) is 9.07. The van der Waals surface area contributed by atoms with Crippen LogP contribution in [0.25, 0.3) is 0 Å². The number of hydrogen-bond acceptors (Lipinski definition) is 6. The van der Waals surface area contributed by atoms with Gasteiger partial charge in [0.1, 0.15) is 5.10 Å². The molecule has 134 valence electrons. The van der Waals surface area contributed by atoms with E-state index in [1.807, 2.05) is 20.8 Å². The molecule has 0 aromatic rings. The van der Waals surface area contributed by atoms with Gasteiger partial charge in [0.2, 0.25) is 0 Å². The lowest BCUT2D eigenvalue weighted by molar-refractivity contribution is -0.485. The van der Waals surface area contributed by atoms with Crippen molar-refractivity contribution in [1.82, 2.24) is 10.6 Å². The maximum atomic E-state index is 10.9. The number of aliphatic hydroxyl groups excluding tert-OH is 1. The summed E-state index contributed by atoms with van der Waals surface area (Å²) in [4.78, 5) is 21.0. The zero-order valence-corrected chi connectivity index (χ0v) is 13.5. The first kappa shape index (κ1) is 21.0. The normalized spacial score (nSPS) is 15.0. The van der Waals surface area contributed by atoms with Gasteiger partial charge in [0.15, 0.2) is 11.1 Å². The van der Waals surface area contributed by atoms with Crippen molar-refractivity contribution < 1.29 is 24.8 Å². The minimum absolute atomic E-state index is 0.0802. The van der Waals surface area contributed by atoms with E-state index in [9.17, 15) is 20.0 Å². The largest absolute Gasteiger partial charge is 0.479 e. The minimum atomic E-state index is -1.59. The summed E-state index contributed by atoms with van der Waals surface area (Å²) in [5, 5.41) is 35.9. The smallest absolute Gasteiger partial charge is 0.334 e. The van der Waals surface area contributed by atoms with Gasteiger partial charge in [-0.15, -0.1) is 0 Å². The van der Waals surface area contributed by atoms with E-state index in [4.69, 9.17) is 15.6 Å². The summed E-state index contributed by atoms with van der Waals surface area (Å²) < 4.78 is 5.43. The molecule has 0 aromatic carbocycles. The van der Waals surface area contributed by atoms with E-state index >= 15 is 0 Å². The predicted octanol–water partition coefficient (Wildman–Crippen LogP) is -0.961. The summed E-state index contributed by atoms with van der Waals surface area (Å²) >= 11 is 0. The van der Waals surface area contributed by atoms with E-state index < -0.39 is 28.7 Å². The predicted molar refractivity (Wildman–Crippen MR) is 82.1 cm³/mol. The molecule has 11 heteroatoms. The number of guanidine groups is 1. The van der Waals surface area contributed by atoms with E-state index in [0.717, 1.165) is 0 Å². The highest BCUT2D eigenvalue weighted by atomic mass is 16.7. The van der Waals surface area contributed by atoms with Crippen molar-refractivity contribution in [2.24, 2.45) is 10.8 Å². The molecule has 0 amide bonds. The molecule has 0 heterocycles. The molecule has 0 saturated heterocycles. The van der Waals surface area contributed by atoms with Crippen molar-refractivity contribution in [2.45, 2.75) is 51.4 Å². The first-order valence-corrected chi connectivity index (χ1v) is 7.03. The third-order valence-corrected chi connectivity index (χ3v) is 2.67. The Bertz CT molecular complexity index is 423. The Hall–Kier alpha value is -1.98. The number of aliphatic carboxylic acids is 1. The number of nitrogens with two attached hydrogens (primary N) is 1. The maximum absolute atomic E-state index is 10.9. The molecule has 0 fully saturated rings. The quantitative estimate of drug-likeness (QED) is 0.0841. The van der Waals surface area contributed by atoms with Crippen molar-refractivity contribution in [3.05, 3.63) is 10.1 Å². The van der Waals surface area contributed by atoms with Crippen LogP contribution in [-0.2, 0) is 9.53 Å². The van der Waals surface area contributed by atoms with Crippen molar-refractivity contribution >= 4 is 11.9 Å². The van der Waals surface area contributed by atoms with Gasteiger partial charge in [0.25, 0.3) is 5.96 Å². The summed E-state index contributed by atoms with van der Waals surface area (Å²) in [7, 11) is 0. The fraction of sp³-hybridized carbons (Fsp3) is 0.833. The van der Waals surface area contributed by atoms with E-state index in [0.29, 0.717) is 12.8 Å². The van der Waals surface area contributed by atoms with Crippen LogP contribution in [0.3, 0.4) is 0 Å². The van der Waals surface area contributed by atoms with Crippen LogP contribution < -0.4 is 16.4 Å². The topological polar surface area (TPSA) is 172 Å². The molecule has 0 aliphatic carbocycles. The van der Waals surface area contributed by atoms with Gasteiger partial charge in [0.05, 0.1) is 12.3 Å². The number of carboxylic acid groups (broad SMARTS) is 1. The second-order valence-corrected chi connectivity index (χ2v) is 5.79. The fourth-order valence-corrected chi connectivity index (χ4v) is 1.57. The molecule has 2 unspecified atom stereocenters. The number of nitrogens with zero attached hydrogens (tertiary/aromatic N) is 2. The first-order valence-electron chi connectivity index (χ1n) is 7.03. The highest BCUT2D eigenvalue weighted by Crippen LogP contribution is 2.07. The highest BCUT2D eigenvalue weighted by molar-refractivity contribution is 5.77. The summed E-state index contributed by atoms with van der Waals surface area (Å²) in [5.41, 5.74) is 4.84. The Labute approximate surface area is 134 Å². The standard InChI is InChI=1S/C12H25N5O6/c1-12(2,3)23-7-15-8(9(18)10(19)20)5-4-6-14-11(13)16-17(21)22/h8-9,15,18H,4-7H2,1-3H3,(H,19,20)(H3,13,14,16). The molecular weight excluding hydrogens is 310 g/mol. The molecule has 0 aliphatic rings. The van der Waals surface area contributed by atoms with Gasteiger partial charge in [-0.05, 0) is 33.6 Å². The van der Waals surface area contributed by atoms with Gasteiger partial charge in [-0.3, -0.25) is 5.32 Å². The molecule has 0 radical (unpaired) electrons. The van der Waals surface area contributed by atoms with E-state index in [2.05, 4.69) is 15.7 Å². The number of carbonyl (C=O) groups is 1. The molecule has 0 saturated carbocycles. The van der Waals surface area contributed by atoms with Gasteiger partial charge in [-0.25, -0.2) is 14.9 Å². The summed E-state index contributed by atoms with van der Waals surface area (Å²) in [5.74, 6) is -1.69. The van der Waals surface area contributed by atoms with Crippen LogP contribution in [0, 0.1) is 10.1 Å². The van der Waals surface area contributed by atoms with Crippen LogP contribution in [0.1, 0.15) is 33.6 Å². The number of ether oxygens (including phenoxy) is 1. The minimum Gasteiger partial charge on any atom is -0.479 e. The average molecular weight is 335 g/mol. The number of carboxylic acids is 1. The van der Waals surface area contributed by atoms with Crippen LogP contribution >= 0.6 is 0 Å². The Morgan fingerprint density at radius 1 is 1.48 bits per heavy atom. The third kappa shape index (κ3) is 11.3.